The third-order valence-corrected chi connectivity index (χ3v) is 3.27. The molecule has 5 heteroatoms. The standard InChI is InChI=1S/C9H11NO3S/c1-13-8(11)7-6(2-3-14-7)9(12)4-10-5-9/h2-3,10,12H,4-5H2,1H3. The molecule has 4 nitrogen and oxygen atoms in total. The smallest absolute Gasteiger partial charge is 0.348 e. The normalized spacial score (nSPS) is 18.7. The van der Waals surface area contributed by atoms with E-state index in [1.165, 1.54) is 18.4 Å². The Kier molecular flexibility index (Phi) is 2.30. The Morgan fingerprint density at radius 1 is 1.71 bits per heavy atom. The van der Waals surface area contributed by atoms with Crippen LogP contribution in [0.25, 0.3) is 0 Å². The molecule has 2 N–H and O–H groups in total. The maximum atomic E-state index is 11.3. The van der Waals surface area contributed by atoms with Gasteiger partial charge in [0.1, 0.15) is 10.5 Å². The second kappa shape index (κ2) is 3.34. The zero-order chi connectivity index (χ0) is 10.2. The zero-order valence-electron chi connectivity index (χ0n) is 7.74. The van der Waals surface area contributed by atoms with Crippen molar-refractivity contribution in [2.75, 3.05) is 20.2 Å². The van der Waals surface area contributed by atoms with Crippen LogP contribution < -0.4 is 5.32 Å². The second-order valence-electron chi connectivity index (χ2n) is 3.29. The molecule has 76 valence electrons. The molecule has 1 fully saturated rings. The number of rotatable bonds is 2. The van der Waals surface area contributed by atoms with Gasteiger partial charge in [0.25, 0.3) is 0 Å². The van der Waals surface area contributed by atoms with Crippen molar-refractivity contribution < 1.29 is 14.6 Å². The molecule has 1 aliphatic rings. The molecule has 1 aliphatic heterocycles. The molecule has 1 aromatic rings. The minimum atomic E-state index is -0.885. The Bertz CT molecular complexity index is 357. The molecule has 2 rings (SSSR count). The number of β-amino-alcohol motifs (C(OH)–C–C–N with tert-alkyl or cyclic N) is 1. The highest BCUT2D eigenvalue weighted by Gasteiger charge is 2.39. The second-order valence-corrected chi connectivity index (χ2v) is 4.21. The number of ether oxygens (including phenoxy) is 1. The van der Waals surface area contributed by atoms with Gasteiger partial charge in [-0.15, -0.1) is 11.3 Å². The SMILES string of the molecule is COC(=O)c1sccc1C1(O)CNC1. The van der Waals surface area contributed by atoms with Crippen LogP contribution in [0, 0.1) is 0 Å². The van der Waals surface area contributed by atoms with E-state index < -0.39 is 5.60 Å². The third-order valence-electron chi connectivity index (χ3n) is 2.37. The maximum Gasteiger partial charge on any atom is 0.348 e. The van der Waals surface area contributed by atoms with E-state index in [-0.39, 0.29) is 5.97 Å². The summed E-state index contributed by atoms with van der Waals surface area (Å²) in [5.41, 5.74) is -0.211. The molecule has 0 spiro atoms. The van der Waals surface area contributed by atoms with E-state index in [2.05, 4.69) is 10.1 Å². The number of carbonyl (C=O) groups is 1. The number of methoxy groups -OCH3 is 1. The molecule has 1 saturated heterocycles. The molecular weight excluding hydrogens is 202 g/mol. The molecule has 14 heavy (non-hydrogen) atoms. The van der Waals surface area contributed by atoms with Crippen LogP contribution in [0.5, 0.6) is 0 Å². The predicted molar refractivity (Wildman–Crippen MR) is 52.4 cm³/mol. The summed E-state index contributed by atoms with van der Waals surface area (Å²) in [6, 6.07) is 1.78. The van der Waals surface area contributed by atoms with Crippen molar-refractivity contribution >= 4 is 17.3 Å². The lowest BCUT2D eigenvalue weighted by molar-refractivity contribution is -0.0154. The Hall–Kier alpha value is -0.910. The van der Waals surface area contributed by atoms with E-state index in [9.17, 15) is 9.90 Å². The highest BCUT2D eigenvalue weighted by Crippen LogP contribution is 2.31. The van der Waals surface area contributed by atoms with Gasteiger partial charge >= 0.3 is 5.97 Å². The van der Waals surface area contributed by atoms with E-state index in [0.29, 0.717) is 23.5 Å². The monoisotopic (exact) mass is 213 g/mol. The zero-order valence-corrected chi connectivity index (χ0v) is 8.56. The fourth-order valence-corrected chi connectivity index (χ4v) is 2.38. The van der Waals surface area contributed by atoms with Crippen molar-refractivity contribution in [1.29, 1.82) is 0 Å². The first kappa shape index (κ1) is 9.64. The molecule has 0 aromatic carbocycles. The molecule has 0 unspecified atom stereocenters. The summed E-state index contributed by atoms with van der Waals surface area (Å²) >= 11 is 1.30. The summed E-state index contributed by atoms with van der Waals surface area (Å²) in [5, 5.41) is 14.8. The summed E-state index contributed by atoms with van der Waals surface area (Å²) in [6.07, 6.45) is 0. The van der Waals surface area contributed by atoms with Crippen molar-refractivity contribution in [3.05, 3.63) is 21.9 Å². The van der Waals surface area contributed by atoms with Crippen LogP contribution >= 0.6 is 11.3 Å². The lowest BCUT2D eigenvalue weighted by Crippen LogP contribution is -2.57. The van der Waals surface area contributed by atoms with Gasteiger partial charge in [0, 0.05) is 18.7 Å². The molecule has 0 aliphatic carbocycles. The highest BCUT2D eigenvalue weighted by molar-refractivity contribution is 7.12. The van der Waals surface area contributed by atoms with Crippen LogP contribution in [0.3, 0.4) is 0 Å². The Morgan fingerprint density at radius 2 is 2.43 bits per heavy atom. The highest BCUT2D eigenvalue weighted by atomic mass is 32.1. The number of thiophene rings is 1. The largest absolute Gasteiger partial charge is 0.465 e. The van der Waals surface area contributed by atoms with Crippen LogP contribution in [0.15, 0.2) is 11.4 Å². The van der Waals surface area contributed by atoms with Crippen molar-refractivity contribution in [3.8, 4) is 0 Å². The lowest BCUT2D eigenvalue weighted by Gasteiger charge is -2.37. The van der Waals surface area contributed by atoms with Crippen LogP contribution in [0.2, 0.25) is 0 Å². The van der Waals surface area contributed by atoms with Gasteiger partial charge in [-0.05, 0) is 11.4 Å². The average Bonchev–Trinajstić information content (AvgIpc) is 2.61. The maximum absolute atomic E-state index is 11.3. The van der Waals surface area contributed by atoms with E-state index in [4.69, 9.17) is 0 Å². The first-order chi connectivity index (χ1) is 6.67. The van der Waals surface area contributed by atoms with Gasteiger partial charge in [0.05, 0.1) is 7.11 Å². The minimum absolute atomic E-state index is 0.379. The number of nitrogens with one attached hydrogen (secondary N) is 1. The van der Waals surface area contributed by atoms with Gasteiger partial charge in [0.2, 0.25) is 0 Å². The first-order valence-corrected chi connectivity index (χ1v) is 5.15. The van der Waals surface area contributed by atoms with Crippen LogP contribution in [0.4, 0.5) is 0 Å². The minimum Gasteiger partial charge on any atom is -0.465 e. The third kappa shape index (κ3) is 1.33. The Morgan fingerprint density at radius 3 is 2.93 bits per heavy atom. The van der Waals surface area contributed by atoms with Crippen molar-refractivity contribution in [3.63, 3.8) is 0 Å². The summed E-state index contributed by atoms with van der Waals surface area (Å²) in [7, 11) is 1.34. The molecule has 0 atom stereocenters. The van der Waals surface area contributed by atoms with Crippen LogP contribution in [-0.2, 0) is 10.3 Å². The van der Waals surface area contributed by atoms with Gasteiger partial charge in [-0.1, -0.05) is 0 Å². The van der Waals surface area contributed by atoms with Gasteiger partial charge < -0.3 is 15.2 Å². The van der Waals surface area contributed by atoms with Crippen molar-refractivity contribution in [2.24, 2.45) is 0 Å². The quantitative estimate of drug-likeness (QED) is 0.695. The molecule has 0 saturated carbocycles. The van der Waals surface area contributed by atoms with Crippen LogP contribution in [-0.4, -0.2) is 31.3 Å². The van der Waals surface area contributed by atoms with Gasteiger partial charge in [0.15, 0.2) is 0 Å². The number of carbonyl (C=O) groups excluding carboxylic acids is 1. The Balaban J connectivity index is 2.34. The number of esters is 1. The Labute approximate surface area is 85.5 Å². The van der Waals surface area contributed by atoms with Crippen molar-refractivity contribution in [2.45, 2.75) is 5.60 Å². The van der Waals surface area contributed by atoms with Gasteiger partial charge in [-0.3, -0.25) is 0 Å². The van der Waals surface area contributed by atoms with Gasteiger partial charge in [-0.2, -0.15) is 0 Å². The fourth-order valence-electron chi connectivity index (χ4n) is 1.48. The number of hydrogen-bond donors (Lipinski definition) is 2. The molecule has 0 amide bonds. The average molecular weight is 213 g/mol. The van der Waals surface area contributed by atoms with E-state index in [0.717, 1.165) is 0 Å². The first-order valence-electron chi connectivity index (χ1n) is 4.27. The van der Waals surface area contributed by atoms with E-state index in [1.807, 2.05) is 0 Å². The predicted octanol–water partition coefficient (Wildman–Crippen LogP) is 0.326. The molecule has 1 aromatic heterocycles. The molecular formula is C9H11NO3S. The molecule has 0 radical (unpaired) electrons. The topological polar surface area (TPSA) is 58.6 Å². The fraction of sp³-hybridized carbons (Fsp3) is 0.444. The molecule has 0 bridgehead atoms. The molecule has 2 heterocycles. The summed E-state index contributed by atoms with van der Waals surface area (Å²) in [6.45, 7) is 0.988. The summed E-state index contributed by atoms with van der Waals surface area (Å²) < 4.78 is 4.64. The van der Waals surface area contributed by atoms with Crippen molar-refractivity contribution in [1.82, 2.24) is 5.32 Å². The summed E-state index contributed by atoms with van der Waals surface area (Å²) in [4.78, 5) is 11.8. The van der Waals surface area contributed by atoms with E-state index in [1.54, 1.807) is 11.4 Å². The van der Waals surface area contributed by atoms with Crippen LogP contribution in [0.1, 0.15) is 15.2 Å². The lowest BCUT2D eigenvalue weighted by atomic mass is 9.88. The number of aliphatic hydroxyl groups is 1. The summed E-state index contributed by atoms with van der Waals surface area (Å²) in [5.74, 6) is -0.379. The van der Waals surface area contributed by atoms with E-state index >= 15 is 0 Å². The van der Waals surface area contributed by atoms with Gasteiger partial charge in [-0.25, -0.2) is 4.79 Å². The number of hydrogen-bond acceptors (Lipinski definition) is 5.